The summed E-state index contributed by atoms with van der Waals surface area (Å²) in [6.07, 6.45) is 1.55. The van der Waals surface area contributed by atoms with Gasteiger partial charge < -0.3 is 20.1 Å². The largest absolute Gasteiger partial charge is 0.487 e. The van der Waals surface area contributed by atoms with Crippen molar-refractivity contribution in [2.45, 2.75) is 6.61 Å². The summed E-state index contributed by atoms with van der Waals surface area (Å²) in [5, 5.41) is 13.0. The maximum Gasteiger partial charge on any atom is 0.337 e. The highest BCUT2D eigenvalue weighted by Gasteiger charge is 2.17. The molecule has 0 bridgehead atoms. The van der Waals surface area contributed by atoms with Crippen LogP contribution in [0.2, 0.25) is 0 Å². The molecular weight excluding hydrogens is 406 g/mol. The van der Waals surface area contributed by atoms with Crippen molar-refractivity contribution in [3.8, 4) is 5.75 Å². The molecule has 7 heteroatoms. The van der Waals surface area contributed by atoms with Crippen molar-refractivity contribution in [3.63, 3.8) is 0 Å². The Morgan fingerprint density at radius 3 is 2.62 bits per heavy atom. The third kappa shape index (κ3) is 4.52. The standard InChI is InChI=1S/C25H21N3O4/c1-26-14-17-10-11-20(19(12-17)25(30)31)28-24(29)21-13-18-8-5-9-22(23(18)27-21)32-15-16-6-3-2-4-7-16/h2-14,27H,15H2,1H3,(H,28,29)(H,30,31). The molecule has 0 aliphatic carbocycles. The van der Waals surface area contributed by atoms with E-state index in [1.54, 1.807) is 31.5 Å². The molecule has 0 radical (unpaired) electrons. The van der Waals surface area contributed by atoms with Crippen molar-refractivity contribution in [2.75, 3.05) is 12.4 Å². The van der Waals surface area contributed by atoms with Crippen molar-refractivity contribution in [1.82, 2.24) is 4.98 Å². The highest BCUT2D eigenvalue weighted by atomic mass is 16.5. The van der Waals surface area contributed by atoms with E-state index >= 15 is 0 Å². The predicted octanol–water partition coefficient (Wildman–Crippen LogP) is 4.75. The van der Waals surface area contributed by atoms with Gasteiger partial charge in [-0.3, -0.25) is 9.79 Å². The van der Waals surface area contributed by atoms with E-state index in [4.69, 9.17) is 4.74 Å². The van der Waals surface area contributed by atoms with E-state index in [2.05, 4.69) is 15.3 Å². The number of nitrogens with one attached hydrogen (secondary N) is 2. The van der Waals surface area contributed by atoms with Crippen LogP contribution >= 0.6 is 0 Å². The molecule has 0 atom stereocenters. The van der Waals surface area contributed by atoms with Gasteiger partial charge in [0.05, 0.1) is 16.8 Å². The third-order valence-electron chi connectivity index (χ3n) is 4.90. The fourth-order valence-corrected chi connectivity index (χ4v) is 3.37. The fourth-order valence-electron chi connectivity index (χ4n) is 3.37. The molecule has 0 unspecified atom stereocenters. The number of nitrogens with zero attached hydrogens (tertiary/aromatic N) is 1. The van der Waals surface area contributed by atoms with Crippen LogP contribution in [0.5, 0.6) is 5.75 Å². The Kier molecular flexibility index (Phi) is 5.98. The van der Waals surface area contributed by atoms with Crippen LogP contribution < -0.4 is 10.1 Å². The van der Waals surface area contributed by atoms with Gasteiger partial charge in [-0.2, -0.15) is 0 Å². The molecule has 0 aliphatic heterocycles. The maximum atomic E-state index is 12.9. The second-order valence-corrected chi connectivity index (χ2v) is 7.13. The van der Waals surface area contributed by atoms with Crippen LogP contribution in [0, 0.1) is 0 Å². The van der Waals surface area contributed by atoms with Gasteiger partial charge in [0.2, 0.25) is 0 Å². The quantitative estimate of drug-likeness (QED) is 0.370. The lowest BCUT2D eigenvalue weighted by molar-refractivity contribution is 0.0698. The van der Waals surface area contributed by atoms with E-state index in [9.17, 15) is 14.7 Å². The van der Waals surface area contributed by atoms with Crippen molar-refractivity contribution in [2.24, 2.45) is 4.99 Å². The number of para-hydroxylation sites is 1. The van der Waals surface area contributed by atoms with E-state index in [1.165, 1.54) is 6.07 Å². The van der Waals surface area contributed by atoms with Crippen LogP contribution in [0.3, 0.4) is 0 Å². The van der Waals surface area contributed by atoms with Crippen LogP contribution in [0.1, 0.15) is 32.0 Å². The number of fused-ring (bicyclic) bond motifs is 1. The summed E-state index contributed by atoms with van der Waals surface area (Å²) in [6, 6.07) is 21.8. The molecule has 1 aromatic heterocycles. The molecule has 1 amide bonds. The van der Waals surface area contributed by atoms with Crippen molar-refractivity contribution in [3.05, 3.63) is 95.2 Å². The van der Waals surface area contributed by atoms with E-state index in [0.717, 1.165) is 10.9 Å². The number of carbonyl (C=O) groups is 2. The molecule has 3 N–H and O–H groups in total. The smallest absolute Gasteiger partial charge is 0.337 e. The summed E-state index contributed by atoms with van der Waals surface area (Å²) in [5.74, 6) is -0.964. The first kappa shape index (κ1) is 20.9. The van der Waals surface area contributed by atoms with Crippen LogP contribution in [-0.2, 0) is 6.61 Å². The SMILES string of the molecule is CN=Cc1ccc(NC(=O)c2cc3cccc(OCc4ccccc4)c3[nH]2)c(C(=O)O)c1. The number of amides is 1. The van der Waals surface area contributed by atoms with Gasteiger partial charge in [0.15, 0.2) is 0 Å². The van der Waals surface area contributed by atoms with Crippen LogP contribution in [0.4, 0.5) is 5.69 Å². The normalized spacial score (nSPS) is 11.0. The van der Waals surface area contributed by atoms with Crippen molar-refractivity contribution < 1.29 is 19.4 Å². The van der Waals surface area contributed by atoms with Gasteiger partial charge in [-0.05, 0) is 35.4 Å². The highest BCUT2D eigenvalue weighted by Crippen LogP contribution is 2.27. The van der Waals surface area contributed by atoms with Crippen molar-refractivity contribution in [1.29, 1.82) is 0 Å². The minimum Gasteiger partial charge on any atom is -0.487 e. The third-order valence-corrected chi connectivity index (χ3v) is 4.90. The Bertz CT molecular complexity index is 1310. The number of rotatable bonds is 7. The lowest BCUT2D eigenvalue weighted by Gasteiger charge is -2.09. The number of aromatic carboxylic acids is 1. The van der Waals surface area contributed by atoms with Gasteiger partial charge in [-0.15, -0.1) is 0 Å². The van der Waals surface area contributed by atoms with E-state index in [0.29, 0.717) is 29.1 Å². The minimum absolute atomic E-state index is 0.0151. The Morgan fingerprint density at radius 2 is 1.88 bits per heavy atom. The number of benzene rings is 3. The summed E-state index contributed by atoms with van der Waals surface area (Å²) in [7, 11) is 1.60. The minimum atomic E-state index is -1.14. The zero-order valence-corrected chi connectivity index (χ0v) is 17.3. The molecule has 32 heavy (non-hydrogen) atoms. The molecule has 0 saturated carbocycles. The summed E-state index contributed by atoms with van der Waals surface area (Å²) in [4.78, 5) is 31.5. The van der Waals surface area contributed by atoms with Crippen LogP contribution in [0.25, 0.3) is 10.9 Å². The molecular formula is C25H21N3O4. The van der Waals surface area contributed by atoms with Crippen LogP contribution in [0.15, 0.2) is 77.8 Å². The van der Waals surface area contributed by atoms with Gasteiger partial charge in [0.25, 0.3) is 5.91 Å². The number of anilines is 1. The van der Waals surface area contributed by atoms with E-state index < -0.39 is 11.9 Å². The molecule has 0 fully saturated rings. The number of carboxylic acids is 1. The first-order valence-corrected chi connectivity index (χ1v) is 9.94. The number of H-pyrrole nitrogens is 1. The Morgan fingerprint density at radius 1 is 1.06 bits per heavy atom. The van der Waals surface area contributed by atoms with Gasteiger partial charge >= 0.3 is 5.97 Å². The second kappa shape index (κ2) is 9.18. The Labute approximate surface area is 184 Å². The molecule has 4 rings (SSSR count). The van der Waals surface area contributed by atoms with Gasteiger partial charge in [-0.1, -0.05) is 48.5 Å². The Balaban J connectivity index is 1.58. The van der Waals surface area contributed by atoms with E-state index in [-0.39, 0.29) is 11.3 Å². The first-order valence-electron chi connectivity index (χ1n) is 9.94. The first-order chi connectivity index (χ1) is 15.5. The number of carbonyl (C=O) groups excluding carboxylic acids is 1. The van der Waals surface area contributed by atoms with Gasteiger partial charge in [0.1, 0.15) is 18.1 Å². The number of aromatic amines is 1. The van der Waals surface area contributed by atoms with Gasteiger partial charge in [-0.25, -0.2) is 4.79 Å². The zero-order valence-electron chi connectivity index (χ0n) is 17.3. The number of hydrogen-bond donors (Lipinski definition) is 3. The molecule has 0 spiro atoms. The second-order valence-electron chi connectivity index (χ2n) is 7.13. The number of carboxylic acid groups (broad SMARTS) is 1. The summed E-state index contributed by atoms with van der Waals surface area (Å²) in [6.45, 7) is 0.399. The number of hydrogen-bond acceptors (Lipinski definition) is 4. The lowest BCUT2D eigenvalue weighted by Crippen LogP contribution is -2.15. The average molecular weight is 427 g/mol. The number of aromatic nitrogens is 1. The molecule has 4 aromatic rings. The molecule has 3 aromatic carbocycles. The summed E-state index contributed by atoms with van der Waals surface area (Å²) < 4.78 is 5.95. The maximum absolute atomic E-state index is 12.9. The highest BCUT2D eigenvalue weighted by molar-refractivity contribution is 6.09. The topological polar surface area (TPSA) is 104 Å². The summed E-state index contributed by atoms with van der Waals surface area (Å²) in [5.41, 5.74) is 2.85. The molecule has 7 nitrogen and oxygen atoms in total. The monoisotopic (exact) mass is 427 g/mol. The lowest BCUT2D eigenvalue weighted by atomic mass is 10.1. The van der Waals surface area contributed by atoms with E-state index in [1.807, 2.05) is 48.5 Å². The molecule has 0 saturated heterocycles. The van der Waals surface area contributed by atoms with Crippen molar-refractivity contribution >= 4 is 34.7 Å². The van der Waals surface area contributed by atoms with Crippen LogP contribution in [-0.4, -0.2) is 35.2 Å². The summed E-state index contributed by atoms with van der Waals surface area (Å²) >= 11 is 0. The predicted molar refractivity (Wildman–Crippen MR) is 124 cm³/mol. The number of ether oxygens (including phenoxy) is 1. The Hall–Kier alpha value is -4.39. The molecule has 160 valence electrons. The van der Waals surface area contributed by atoms with Gasteiger partial charge in [0, 0.05) is 18.6 Å². The molecule has 0 aliphatic rings. The average Bonchev–Trinajstić information content (AvgIpc) is 3.24. The molecule has 1 heterocycles. The zero-order chi connectivity index (χ0) is 22.5. The number of aliphatic imine (C=N–C) groups is 1. The fraction of sp³-hybridized carbons (Fsp3) is 0.0800.